The predicted octanol–water partition coefficient (Wildman–Crippen LogP) is 1.32. The number of alkyl halides is 3. The number of rotatable bonds is 4. The van der Waals surface area contributed by atoms with Crippen LogP contribution >= 0.6 is 15.9 Å². The van der Waals surface area contributed by atoms with Gasteiger partial charge in [0, 0.05) is 11.0 Å². The summed E-state index contributed by atoms with van der Waals surface area (Å²) in [7, 11) is -3.93. The van der Waals surface area contributed by atoms with E-state index in [2.05, 4.69) is 15.9 Å². The smallest absolute Gasteiger partial charge is 0.348 e. The standard InChI is InChI=1S/C10H10BrF3N2O3S/c11-7-2-1-6(5-8(7)20(15,18)19)3-4-16-9(17)10(12,13)14/h1-2,5H,3-4H2,(H,16,17)(H2,15,18,19). The molecule has 112 valence electrons. The Kier molecular flexibility index (Phi) is 5.16. The fraction of sp³-hybridized carbons (Fsp3) is 0.300. The number of sulfonamides is 1. The second-order valence-corrected chi connectivity index (χ2v) is 6.20. The minimum atomic E-state index is -4.94. The van der Waals surface area contributed by atoms with Gasteiger partial charge in [-0.1, -0.05) is 6.07 Å². The molecule has 0 heterocycles. The number of halogens is 4. The highest BCUT2D eigenvalue weighted by atomic mass is 79.9. The lowest BCUT2D eigenvalue weighted by molar-refractivity contribution is -0.173. The molecule has 0 saturated heterocycles. The Morgan fingerprint density at radius 1 is 1.35 bits per heavy atom. The first-order chi connectivity index (χ1) is 9.01. The number of nitrogens with one attached hydrogen (secondary N) is 1. The Morgan fingerprint density at radius 3 is 2.45 bits per heavy atom. The second kappa shape index (κ2) is 6.10. The maximum Gasteiger partial charge on any atom is 0.471 e. The van der Waals surface area contributed by atoms with E-state index >= 15 is 0 Å². The number of benzene rings is 1. The lowest BCUT2D eigenvalue weighted by atomic mass is 10.1. The Morgan fingerprint density at radius 2 is 1.95 bits per heavy atom. The first kappa shape index (κ1) is 16.9. The molecule has 0 saturated carbocycles. The van der Waals surface area contributed by atoms with Crippen LogP contribution in [0.2, 0.25) is 0 Å². The molecular weight excluding hydrogens is 365 g/mol. The van der Waals surface area contributed by atoms with Crippen LogP contribution in [-0.2, 0) is 21.2 Å². The quantitative estimate of drug-likeness (QED) is 0.832. The molecule has 0 radical (unpaired) electrons. The summed E-state index contributed by atoms with van der Waals surface area (Å²) < 4.78 is 58.6. The van der Waals surface area contributed by atoms with Gasteiger partial charge in [-0.05, 0) is 40.0 Å². The topological polar surface area (TPSA) is 89.3 Å². The van der Waals surface area contributed by atoms with Crippen LogP contribution in [0.4, 0.5) is 13.2 Å². The summed E-state index contributed by atoms with van der Waals surface area (Å²) in [4.78, 5) is 10.4. The van der Waals surface area contributed by atoms with Crippen LogP contribution in [0, 0.1) is 0 Å². The molecule has 1 aromatic rings. The van der Waals surface area contributed by atoms with Crippen molar-refractivity contribution in [3.05, 3.63) is 28.2 Å². The van der Waals surface area contributed by atoms with Crippen molar-refractivity contribution in [2.75, 3.05) is 6.54 Å². The summed E-state index contributed by atoms with van der Waals surface area (Å²) in [5.41, 5.74) is 0.430. The normalized spacial score (nSPS) is 12.2. The molecule has 0 fully saturated rings. The van der Waals surface area contributed by atoms with Crippen LogP contribution in [0.25, 0.3) is 0 Å². The van der Waals surface area contributed by atoms with Gasteiger partial charge in [-0.25, -0.2) is 13.6 Å². The summed E-state index contributed by atoms with van der Waals surface area (Å²) in [6, 6.07) is 4.17. The van der Waals surface area contributed by atoms with Gasteiger partial charge in [0.2, 0.25) is 10.0 Å². The van der Waals surface area contributed by atoms with Crippen molar-refractivity contribution in [1.29, 1.82) is 0 Å². The second-order valence-electron chi connectivity index (χ2n) is 3.81. The number of carbonyl (C=O) groups excluding carboxylic acids is 1. The molecular formula is C10H10BrF3N2O3S. The molecule has 0 unspecified atom stereocenters. The minimum Gasteiger partial charge on any atom is -0.348 e. The molecule has 10 heteroatoms. The van der Waals surface area contributed by atoms with Gasteiger partial charge in [-0.3, -0.25) is 4.79 Å². The molecule has 0 atom stereocenters. The molecule has 0 spiro atoms. The molecule has 0 aromatic heterocycles. The Hall–Kier alpha value is -1.13. The van der Waals surface area contributed by atoms with E-state index in [0.29, 0.717) is 5.56 Å². The lowest BCUT2D eigenvalue weighted by Crippen LogP contribution is -2.37. The third-order valence-corrected chi connectivity index (χ3v) is 4.16. The molecule has 3 N–H and O–H groups in total. The van der Waals surface area contributed by atoms with Gasteiger partial charge in [-0.15, -0.1) is 0 Å². The Labute approximate surface area is 121 Å². The van der Waals surface area contributed by atoms with E-state index in [4.69, 9.17) is 5.14 Å². The average Bonchev–Trinajstić information content (AvgIpc) is 2.28. The van der Waals surface area contributed by atoms with Crippen LogP contribution in [0.1, 0.15) is 5.56 Å². The maximum absolute atomic E-state index is 11.9. The fourth-order valence-corrected chi connectivity index (χ4v) is 2.92. The van der Waals surface area contributed by atoms with Gasteiger partial charge >= 0.3 is 12.1 Å². The zero-order chi connectivity index (χ0) is 15.6. The number of carbonyl (C=O) groups is 1. The predicted molar refractivity (Wildman–Crippen MR) is 68.3 cm³/mol. The van der Waals surface area contributed by atoms with Gasteiger partial charge in [-0.2, -0.15) is 13.2 Å². The summed E-state index contributed by atoms with van der Waals surface area (Å²) in [5.74, 6) is -2.04. The molecule has 0 aliphatic heterocycles. The van der Waals surface area contributed by atoms with Gasteiger partial charge < -0.3 is 5.32 Å². The molecule has 5 nitrogen and oxygen atoms in total. The highest BCUT2D eigenvalue weighted by Crippen LogP contribution is 2.22. The first-order valence-electron chi connectivity index (χ1n) is 5.18. The van der Waals surface area contributed by atoms with Crippen LogP contribution in [0.15, 0.2) is 27.6 Å². The fourth-order valence-electron chi connectivity index (χ4n) is 1.34. The largest absolute Gasteiger partial charge is 0.471 e. The van der Waals surface area contributed by atoms with Crippen LogP contribution in [-0.4, -0.2) is 27.0 Å². The van der Waals surface area contributed by atoms with Crippen LogP contribution < -0.4 is 10.5 Å². The van der Waals surface area contributed by atoms with E-state index in [1.54, 1.807) is 5.32 Å². The van der Waals surface area contributed by atoms with Crippen LogP contribution in [0.5, 0.6) is 0 Å². The van der Waals surface area contributed by atoms with Crippen molar-refractivity contribution in [3.8, 4) is 0 Å². The summed E-state index contributed by atoms with van der Waals surface area (Å²) >= 11 is 3.01. The van der Waals surface area contributed by atoms with E-state index < -0.39 is 22.1 Å². The molecule has 0 bridgehead atoms. The number of primary sulfonamides is 1. The van der Waals surface area contributed by atoms with E-state index in [1.165, 1.54) is 18.2 Å². The molecule has 0 aliphatic carbocycles. The third-order valence-electron chi connectivity index (χ3n) is 2.26. The minimum absolute atomic E-state index is 0.0393. The maximum atomic E-state index is 11.9. The van der Waals surface area contributed by atoms with Crippen molar-refractivity contribution < 1.29 is 26.4 Å². The summed E-state index contributed by atoms with van der Waals surface area (Å²) in [6.07, 6.45) is -4.90. The van der Waals surface area contributed by atoms with Crippen molar-refractivity contribution in [3.63, 3.8) is 0 Å². The van der Waals surface area contributed by atoms with Gasteiger partial charge in [0.1, 0.15) is 0 Å². The molecule has 1 aromatic carbocycles. The number of nitrogens with two attached hydrogens (primary N) is 1. The van der Waals surface area contributed by atoms with Crippen molar-refractivity contribution in [2.45, 2.75) is 17.5 Å². The average molecular weight is 375 g/mol. The highest BCUT2D eigenvalue weighted by Gasteiger charge is 2.38. The molecule has 1 rings (SSSR count). The van der Waals surface area contributed by atoms with Crippen molar-refractivity contribution in [2.24, 2.45) is 5.14 Å². The number of hydrogen-bond acceptors (Lipinski definition) is 3. The zero-order valence-corrected chi connectivity index (χ0v) is 12.3. The van der Waals surface area contributed by atoms with E-state index in [9.17, 15) is 26.4 Å². The Bertz CT molecular complexity index is 617. The number of amides is 1. The first-order valence-corrected chi connectivity index (χ1v) is 7.52. The SMILES string of the molecule is NS(=O)(=O)c1cc(CCNC(=O)C(F)(F)F)ccc1Br. The van der Waals surface area contributed by atoms with Gasteiger partial charge in [0.25, 0.3) is 0 Å². The van der Waals surface area contributed by atoms with Crippen molar-refractivity contribution >= 4 is 31.9 Å². The molecule has 1 amide bonds. The summed E-state index contributed by atoms with van der Waals surface area (Å²) in [6.45, 7) is -0.274. The Balaban J connectivity index is 2.74. The van der Waals surface area contributed by atoms with Crippen molar-refractivity contribution in [1.82, 2.24) is 5.32 Å². The van der Waals surface area contributed by atoms with E-state index in [1.807, 2.05) is 0 Å². The highest BCUT2D eigenvalue weighted by molar-refractivity contribution is 9.10. The molecule has 0 aliphatic rings. The van der Waals surface area contributed by atoms with E-state index in [0.717, 1.165) is 0 Å². The monoisotopic (exact) mass is 374 g/mol. The third kappa shape index (κ3) is 4.76. The summed E-state index contributed by atoms with van der Waals surface area (Å²) in [5, 5.41) is 6.67. The lowest BCUT2D eigenvalue weighted by Gasteiger charge is -2.09. The van der Waals surface area contributed by atoms with Gasteiger partial charge in [0.15, 0.2) is 0 Å². The van der Waals surface area contributed by atoms with Crippen LogP contribution in [0.3, 0.4) is 0 Å². The van der Waals surface area contributed by atoms with E-state index in [-0.39, 0.29) is 22.3 Å². The zero-order valence-electron chi connectivity index (χ0n) is 9.87. The van der Waals surface area contributed by atoms with Gasteiger partial charge in [0.05, 0.1) is 4.90 Å². The molecule has 20 heavy (non-hydrogen) atoms. The number of hydrogen-bond donors (Lipinski definition) is 2.